The maximum Gasteiger partial charge on any atom is 0.326 e. The molecule has 10 nitrogen and oxygen atoms in total. The van der Waals surface area contributed by atoms with E-state index < -0.39 is 35.9 Å². The van der Waals surface area contributed by atoms with Crippen LogP contribution in [0, 0.1) is 5.92 Å². The second kappa shape index (κ2) is 10.8. The second-order valence-electron chi connectivity index (χ2n) is 8.22. The molecule has 10 heteroatoms. The fourth-order valence-corrected chi connectivity index (χ4v) is 3.67. The molecule has 176 valence electrons. The molecule has 0 saturated carbocycles. The maximum absolute atomic E-state index is 13.1. The predicted octanol–water partition coefficient (Wildman–Crippen LogP) is 1.10. The number of hydrogen-bond acceptors (Lipinski definition) is 5. The van der Waals surface area contributed by atoms with Gasteiger partial charge in [-0.1, -0.05) is 38.5 Å². The van der Waals surface area contributed by atoms with E-state index in [0.717, 1.165) is 16.5 Å². The van der Waals surface area contributed by atoms with Gasteiger partial charge < -0.3 is 31.4 Å². The Hall–Kier alpha value is -3.66. The summed E-state index contributed by atoms with van der Waals surface area (Å²) in [7, 11) is 0. The zero-order valence-electron chi connectivity index (χ0n) is 18.7. The quantitative estimate of drug-likeness (QED) is 0.254. The van der Waals surface area contributed by atoms with Crippen LogP contribution >= 0.6 is 0 Å². The Labute approximate surface area is 191 Å². The number of para-hydroxylation sites is 1. The van der Waals surface area contributed by atoms with E-state index in [9.17, 15) is 19.5 Å². The number of amides is 2. The number of aromatic nitrogens is 3. The average molecular weight is 455 g/mol. The first-order chi connectivity index (χ1) is 15.8. The number of rotatable bonds is 11. The van der Waals surface area contributed by atoms with Crippen LogP contribution in [0.1, 0.15) is 31.5 Å². The van der Waals surface area contributed by atoms with Crippen LogP contribution < -0.4 is 16.4 Å². The molecule has 3 aromatic rings. The highest BCUT2D eigenvalue weighted by Crippen LogP contribution is 2.19. The van der Waals surface area contributed by atoms with Crippen LogP contribution in [0.5, 0.6) is 0 Å². The molecule has 0 aliphatic carbocycles. The first kappa shape index (κ1) is 24.0. The number of H-pyrrole nitrogens is 2. The van der Waals surface area contributed by atoms with Crippen LogP contribution in [0.15, 0.2) is 43.0 Å². The molecule has 3 rings (SSSR count). The van der Waals surface area contributed by atoms with Gasteiger partial charge in [0, 0.05) is 41.8 Å². The molecule has 0 bridgehead atoms. The molecule has 0 fully saturated rings. The highest BCUT2D eigenvalue weighted by molar-refractivity contribution is 5.92. The molecule has 2 amide bonds. The minimum atomic E-state index is -1.15. The average Bonchev–Trinajstić information content (AvgIpc) is 3.46. The van der Waals surface area contributed by atoms with E-state index >= 15 is 0 Å². The molecule has 0 aliphatic rings. The van der Waals surface area contributed by atoms with Gasteiger partial charge in [-0.05, 0) is 17.5 Å². The van der Waals surface area contributed by atoms with Crippen LogP contribution in [-0.4, -0.2) is 56.0 Å². The van der Waals surface area contributed by atoms with Crippen molar-refractivity contribution in [1.29, 1.82) is 0 Å². The lowest BCUT2D eigenvalue weighted by atomic mass is 9.96. The summed E-state index contributed by atoms with van der Waals surface area (Å²) in [5.41, 5.74) is 8.37. The molecular formula is C23H30N6O4. The van der Waals surface area contributed by atoms with Crippen molar-refractivity contribution in [2.75, 3.05) is 0 Å². The van der Waals surface area contributed by atoms with Crippen LogP contribution in [0.4, 0.5) is 0 Å². The summed E-state index contributed by atoms with van der Waals surface area (Å²) in [6.07, 6.45) is 5.76. The van der Waals surface area contributed by atoms with Crippen molar-refractivity contribution in [3.05, 3.63) is 54.2 Å². The molecule has 4 unspecified atom stereocenters. The molecule has 0 spiro atoms. The number of carboxylic acids is 1. The van der Waals surface area contributed by atoms with Gasteiger partial charge in [-0.2, -0.15) is 0 Å². The third kappa shape index (κ3) is 5.98. The van der Waals surface area contributed by atoms with Gasteiger partial charge in [0.05, 0.1) is 12.4 Å². The Morgan fingerprint density at radius 2 is 1.88 bits per heavy atom. The number of aromatic amines is 2. The Kier molecular flexibility index (Phi) is 7.83. The number of nitrogens with zero attached hydrogens (tertiary/aromatic N) is 1. The van der Waals surface area contributed by atoms with Gasteiger partial charge in [-0.25, -0.2) is 9.78 Å². The van der Waals surface area contributed by atoms with Crippen molar-refractivity contribution in [3.63, 3.8) is 0 Å². The largest absolute Gasteiger partial charge is 0.480 e. The number of aliphatic carboxylic acids is 1. The smallest absolute Gasteiger partial charge is 0.326 e. The lowest BCUT2D eigenvalue weighted by Crippen LogP contribution is -2.57. The number of carbonyl (C=O) groups excluding carboxylic acids is 2. The van der Waals surface area contributed by atoms with Gasteiger partial charge in [-0.15, -0.1) is 0 Å². The van der Waals surface area contributed by atoms with E-state index in [1.807, 2.05) is 38.1 Å². The van der Waals surface area contributed by atoms with Crippen LogP contribution in [-0.2, 0) is 27.2 Å². The molecule has 2 heterocycles. The zero-order valence-corrected chi connectivity index (χ0v) is 18.7. The molecule has 0 saturated heterocycles. The molecule has 33 heavy (non-hydrogen) atoms. The van der Waals surface area contributed by atoms with Crippen LogP contribution in [0.25, 0.3) is 10.9 Å². The normalized spacial score (nSPS) is 14.9. The van der Waals surface area contributed by atoms with E-state index in [-0.39, 0.29) is 18.8 Å². The summed E-state index contributed by atoms with van der Waals surface area (Å²) >= 11 is 0. The van der Waals surface area contributed by atoms with Gasteiger partial charge in [0.25, 0.3) is 0 Å². The van der Waals surface area contributed by atoms with E-state index in [1.165, 1.54) is 6.33 Å². The fraction of sp³-hybridized carbons (Fsp3) is 0.391. The lowest BCUT2D eigenvalue weighted by molar-refractivity contribution is -0.142. The fourth-order valence-electron chi connectivity index (χ4n) is 3.67. The van der Waals surface area contributed by atoms with Gasteiger partial charge >= 0.3 is 5.97 Å². The number of benzene rings is 1. The van der Waals surface area contributed by atoms with Crippen LogP contribution in [0.3, 0.4) is 0 Å². The number of carbonyl (C=O) groups is 3. The lowest BCUT2D eigenvalue weighted by Gasteiger charge is -2.26. The third-order valence-corrected chi connectivity index (χ3v) is 5.84. The Balaban J connectivity index is 1.70. The Bertz CT molecular complexity index is 1090. The molecule has 0 aliphatic heterocycles. The number of fused-ring (bicyclic) bond motifs is 1. The summed E-state index contributed by atoms with van der Waals surface area (Å²) in [6, 6.07) is 4.59. The minimum absolute atomic E-state index is 0.103. The number of nitrogens with one attached hydrogen (secondary N) is 4. The van der Waals surface area contributed by atoms with E-state index in [0.29, 0.717) is 12.1 Å². The maximum atomic E-state index is 13.1. The molecule has 0 radical (unpaired) electrons. The van der Waals surface area contributed by atoms with Crippen molar-refractivity contribution in [1.82, 2.24) is 25.6 Å². The number of nitrogens with two attached hydrogens (primary N) is 1. The predicted molar refractivity (Wildman–Crippen MR) is 123 cm³/mol. The standard InChI is InChI=1S/C23H30N6O4/c1-3-13(2)20(29-21(30)17(24)9-15-11-25-12-27-15)22(31)28-19(23(32)33)8-14-10-26-18-7-5-4-6-16(14)18/h4-7,10-13,17,19-20,26H,3,8-9,24H2,1-2H3,(H,25,27)(H,28,31)(H,29,30)(H,32,33). The summed E-state index contributed by atoms with van der Waals surface area (Å²) in [4.78, 5) is 47.5. The molecule has 2 aromatic heterocycles. The number of imidazole rings is 1. The first-order valence-electron chi connectivity index (χ1n) is 10.9. The van der Waals surface area contributed by atoms with Crippen molar-refractivity contribution in [3.8, 4) is 0 Å². The SMILES string of the molecule is CCC(C)C(NC(=O)C(N)Cc1cnc[nH]1)C(=O)NC(Cc1c[nH]c2ccccc12)C(=O)O. The van der Waals surface area contributed by atoms with E-state index in [2.05, 4.69) is 25.6 Å². The van der Waals surface area contributed by atoms with Crippen LogP contribution in [0.2, 0.25) is 0 Å². The van der Waals surface area contributed by atoms with Gasteiger partial charge in [0.2, 0.25) is 11.8 Å². The molecule has 1 aromatic carbocycles. The minimum Gasteiger partial charge on any atom is -0.480 e. The van der Waals surface area contributed by atoms with E-state index in [4.69, 9.17) is 5.73 Å². The summed E-state index contributed by atoms with van der Waals surface area (Å²) in [5.74, 6) is -2.43. The van der Waals surface area contributed by atoms with Crippen molar-refractivity contribution in [2.24, 2.45) is 11.7 Å². The first-order valence-corrected chi connectivity index (χ1v) is 10.9. The summed E-state index contributed by atoms with van der Waals surface area (Å²) < 4.78 is 0. The van der Waals surface area contributed by atoms with Gasteiger partial charge in [0.15, 0.2) is 0 Å². The second-order valence-corrected chi connectivity index (χ2v) is 8.22. The Morgan fingerprint density at radius 1 is 1.12 bits per heavy atom. The van der Waals surface area contributed by atoms with E-state index in [1.54, 1.807) is 12.4 Å². The van der Waals surface area contributed by atoms with Crippen molar-refractivity contribution >= 4 is 28.7 Å². The highest BCUT2D eigenvalue weighted by atomic mass is 16.4. The molecule has 7 N–H and O–H groups in total. The molecule has 4 atom stereocenters. The third-order valence-electron chi connectivity index (χ3n) is 5.84. The molecular weight excluding hydrogens is 424 g/mol. The highest BCUT2D eigenvalue weighted by Gasteiger charge is 2.31. The summed E-state index contributed by atoms with van der Waals surface area (Å²) in [6.45, 7) is 3.71. The zero-order chi connectivity index (χ0) is 24.0. The van der Waals surface area contributed by atoms with Crippen molar-refractivity contribution in [2.45, 2.75) is 51.2 Å². The topological polar surface area (TPSA) is 166 Å². The number of hydrogen-bond donors (Lipinski definition) is 6. The number of carboxylic acid groups (broad SMARTS) is 1. The monoisotopic (exact) mass is 454 g/mol. The summed E-state index contributed by atoms with van der Waals surface area (Å²) in [5, 5.41) is 15.9. The Morgan fingerprint density at radius 3 is 2.55 bits per heavy atom. The van der Waals surface area contributed by atoms with Crippen molar-refractivity contribution < 1.29 is 19.5 Å². The van der Waals surface area contributed by atoms with Gasteiger partial charge in [-0.3, -0.25) is 9.59 Å². The van der Waals surface area contributed by atoms with Gasteiger partial charge in [0.1, 0.15) is 12.1 Å².